The molecule has 0 bridgehead atoms. The van der Waals surface area contributed by atoms with Gasteiger partial charge in [-0.1, -0.05) is 25.1 Å². The summed E-state index contributed by atoms with van der Waals surface area (Å²) in [5.74, 6) is 1.03. The molecule has 7 heteroatoms. The van der Waals surface area contributed by atoms with Crippen LogP contribution < -0.4 is 27.0 Å². The fraction of sp³-hybridized carbons (Fsp3) is 0.680. The van der Waals surface area contributed by atoms with Crippen molar-refractivity contribution in [3.8, 4) is 0 Å². The molecule has 2 heterocycles. The van der Waals surface area contributed by atoms with Crippen LogP contribution in [-0.4, -0.2) is 48.6 Å². The summed E-state index contributed by atoms with van der Waals surface area (Å²) in [6.45, 7) is 4.95. The van der Waals surface area contributed by atoms with Crippen molar-refractivity contribution in [2.45, 2.75) is 82.6 Å². The number of benzene rings is 1. The molecule has 2 saturated carbocycles. The van der Waals surface area contributed by atoms with Crippen LogP contribution in [0.1, 0.15) is 50.2 Å². The second-order valence-corrected chi connectivity index (χ2v) is 10.6. The van der Waals surface area contributed by atoms with Crippen molar-refractivity contribution in [2.24, 2.45) is 23.5 Å². The number of anilines is 1. The van der Waals surface area contributed by atoms with Crippen LogP contribution in [0, 0.1) is 24.7 Å². The van der Waals surface area contributed by atoms with Crippen LogP contribution in [0.15, 0.2) is 18.2 Å². The Kier molecular flexibility index (Phi) is 5.88. The molecule has 1 saturated heterocycles. The molecule has 7 atom stereocenters. The summed E-state index contributed by atoms with van der Waals surface area (Å²) in [4.78, 5) is 25.9. The highest BCUT2D eigenvalue weighted by Gasteiger charge is 2.44. The van der Waals surface area contributed by atoms with E-state index >= 15 is 0 Å². The van der Waals surface area contributed by atoms with Crippen LogP contribution in [0.5, 0.6) is 0 Å². The average Bonchev–Trinajstić information content (AvgIpc) is 3.52. The summed E-state index contributed by atoms with van der Waals surface area (Å²) in [5, 5.41) is 13.6. The summed E-state index contributed by atoms with van der Waals surface area (Å²) >= 11 is 0. The molecule has 32 heavy (non-hydrogen) atoms. The molecule has 0 spiro atoms. The van der Waals surface area contributed by atoms with Gasteiger partial charge in [-0.2, -0.15) is 0 Å². The SMILES string of the molecule is Cc1cccc2c1NC(C(=O)NC(C1CC1)C1NCC(C(=O)N[C@H]3CC[C@@H]3N)CC1C)C2. The molecule has 4 aliphatic rings. The van der Waals surface area contributed by atoms with Crippen molar-refractivity contribution in [1.82, 2.24) is 16.0 Å². The number of piperidine rings is 1. The van der Waals surface area contributed by atoms with Gasteiger partial charge in [0.15, 0.2) is 0 Å². The smallest absolute Gasteiger partial charge is 0.243 e. The van der Waals surface area contributed by atoms with Gasteiger partial charge in [-0.05, 0) is 62.0 Å². The minimum atomic E-state index is -0.212. The van der Waals surface area contributed by atoms with Crippen molar-refractivity contribution in [3.63, 3.8) is 0 Å². The fourth-order valence-corrected chi connectivity index (χ4v) is 5.77. The number of fused-ring (bicyclic) bond motifs is 1. The largest absolute Gasteiger partial charge is 0.373 e. The Morgan fingerprint density at radius 3 is 2.59 bits per heavy atom. The first-order valence-electron chi connectivity index (χ1n) is 12.4. The molecular formula is C25H37N5O2. The second-order valence-electron chi connectivity index (χ2n) is 10.6. The van der Waals surface area contributed by atoms with Crippen LogP contribution in [0.4, 0.5) is 5.69 Å². The van der Waals surface area contributed by atoms with Crippen molar-refractivity contribution in [1.29, 1.82) is 0 Å². The zero-order valence-electron chi connectivity index (χ0n) is 19.2. The molecule has 3 fully saturated rings. The summed E-state index contributed by atoms with van der Waals surface area (Å²) in [6.07, 6.45) is 5.89. The van der Waals surface area contributed by atoms with Crippen LogP contribution in [0.3, 0.4) is 0 Å². The van der Waals surface area contributed by atoms with Gasteiger partial charge in [-0.15, -0.1) is 0 Å². The second kappa shape index (κ2) is 8.67. The van der Waals surface area contributed by atoms with Crippen LogP contribution >= 0.6 is 0 Å². The number of rotatable bonds is 6. The molecule has 1 aromatic carbocycles. The van der Waals surface area contributed by atoms with Gasteiger partial charge >= 0.3 is 0 Å². The van der Waals surface area contributed by atoms with Gasteiger partial charge < -0.3 is 27.0 Å². The minimum absolute atomic E-state index is 0.0291. The Morgan fingerprint density at radius 2 is 1.97 bits per heavy atom. The van der Waals surface area contributed by atoms with E-state index in [4.69, 9.17) is 5.73 Å². The van der Waals surface area contributed by atoms with Gasteiger partial charge in [0, 0.05) is 42.8 Å². The molecule has 7 nitrogen and oxygen atoms in total. The molecule has 5 rings (SSSR count). The Labute approximate surface area is 190 Å². The maximum atomic E-state index is 13.2. The zero-order chi connectivity index (χ0) is 22.4. The van der Waals surface area contributed by atoms with Gasteiger partial charge in [0.05, 0.1) is 5.92 Å². The Balaban J connectivity index is 1.18. The van der Waals surface area contributed by atoms with E-state index in [9.17, 15) is 9.59 Å². The van der Waals surface area contributed by atoms with Crippen LogP contribution in [0.2, 0.25) is 0 Å². The van der Waals surface area contributed by atoms with E-state index in [0.717, 1.165) is 44.2 Å². The highest BCUT2D eigenvalue weighted by Crippen LogP contribution is 2.38. The molecule has 2 aliphatic heterocycles. The van der Waals surface area contributed by atoms with E-state index in [2.05, 4.69) is 53.3 Å². The third kappa shape index (κ3) is 4.25. The quantitative estimate of drug-likeness (QED) is 0.461. The lowest BCUT2D eigenvalue weighted by atomic mass is 9.80. The van der Waals surface area contributed by atoms with Crippen LogP contribution in [0.25, 0.3) is 0 Å². The summed E-state index contributed by atoms with van der Waals surface area (Å²) in [6, 6.07) is 6.60. The monoisotopic (exact) mass is 439 g/mol. The van der Waals surface area contributed by atoms with Gasteiger partial charge in [0.1, 0.15) is 6.04 Å². The molecule has 2 amide bonds. The fourth-order valence-electron chi connectivity index (χ4n) is 5.77. The first kappa shape index (κ1) is 21.7. The maximum Gasteiger partial charge on any atom is 0.243 e. The number of aryl methyl sites for hydroxylation is 1. The zero-order valence-corrected chi connectivity index (χ0v) is 19.2. The summed E-state index contributed by atoms with van der Waals surface area (Å²) in [5.41, 5.74) is 9.51. The van der Waals surface area contributed by atoms with Gasteiger partial charge in [0.25, 0.3) is 0 Å². The molecular weight excluding hydrogens is 402 g/mol. The Morgan fingerprint density at radius 1 is 1.16 bits per heavy atom. The number of nitrogens with two attached hydrogens (primary N) is 1. The standard InChI is InChI=1S/C25H37N5O2/c1-13-4-3-5-16-11-20(28-21(13)16)25(32)30-23(15-6-7-15)22-14(2)10-17(12-27-22)24(31)29-19-9-8-18(19)26/h3-5,14-15,17-20,22-23,27-28H,6-12,26H2,1-2H3,(H,29,31)(H,30,32)/t14?,17?,18-,19-,20?,22?,23?/m0/s1. The normalized spacial score (nSPS) is 34.6. The number of para-hydroxylation sites is 1. The van der Waals surface area contributed by atoms with Gasteiger partial charge in [-0.25, -0.2) is 0 Å². The van der Waals surface area contributed by atoms with Crippen molar-refractivity contribution in [3.05, 3.63) is 29.3 Å². The van der Waals surface area contributed by atoms with Crippen LogP contribution in [-0.2, 0) is 16.0 Å². The highest BCUT2D eigenvalue weighted by atomic mass is 16.2. The summed E-state index contributed by atoms with van der Waals surface area (Å²) < 4.78 is 0. The molecule has 1 aromatic rings. The number of nitrogens with one attached hydrogen (secondary N) is 4. The Bertz CT molecular complexity index is 885. The number of carbonyl (C=O) groups excluding carboxylic acids is 2. The molecule has 174 valence electrons. The number of hydrogen-bond acceptors (Lipinski definition) is 5. The topological polar surface area (TPSA) is 108 Å². The average molecular weight is 440 g/mol. The molecule has 5 unspecified atom stereocenters. The molecule has 2 aliphatic carbocycles. The predicted molar refractivity (Wildman–Crippen MR) is 125 cm³/mol. The van der Waals surface area contributed by atoms with Crippen molar-refractivity contribution >= 4 is 17.5 Å². The third-order valence-electron chi connectivity index (χ3n) is 8.14. The highest BCUT2D eigenvalue weighted by molar-refractivity contribution is 5.88. The predicted octanol–water partition coefficient (Wildman–Crippen LogP) is 1.45. The first-order chi connectivity index (χ1) is 15.4. The van der Waals surface area contributed by atoms with E-state index in [1.165, 1.54) is 11.1 Å². The number of hydrogen-bond donors (Lipinski definition) is 5. The minimum Gasteiger partial charge on any atom is -0.373 e. The lowest BCUT2D eigenvalue weighted by Gasteiger charge is -2.41. The van der Waals surface area contributed by atoms with E-state index in [-0.39, 0.29) is 47.9 Å². The molecule has 6 N–H and O–H groups in total. The first-order valence-corrected chi connectivity index (χ1v) is 12.4. The lowest BCUT2D eigenvalue weighted by Crippen LogP contribution is -2.62. The van der Waals surface area contributed by atoms with E-state index in [0.29, 0.717) is 18.4 Å². The third-order valence-corrected chi connectivity index (χ3v) is 8.14. The number of carbonyl (C=O) groups is 2. The lowest BCUT2D eigenvalue weighted by molar-refractivity contribution is -0.128. The number of amides is 2. The molecule has 0 radical (unpaired) electrons. The Hall–Kier alpha value is -2.12. The van der Waals surface area contributed by atoms with Crippen molar-refractivity contribution < 1.29 is 9.59 Å². The van der Waals surface area contributed by atoms with Crippen molar-refractivity contribution in [2.75, 3.05) is 11.9 Å². The molecule has 0 aromatic heterocycles. The van der Waals surface area contributed by atoms with Gasteiger partial charge in [-0.3, -0.25) is 9.59 Å². The summed E-state index contributed by atoms with van der Waals surface area (Å²) in [7, 11) is 0. The van der Waals surface area contributed by atoms with Gasteiger partial charge in [0.2, 0.25) is 11.8 Å². The van der Waals surface area contributed by atoms with E-state index in [1.807, 2.05) is 0 Å². The maximum absolute atomic E-state index is 13.2. The van der Waals surface area contributed by atoms with E-state index < -0.39 is 0 Å². The van der Waals surface area contributed by atoms with E-state index in [1.54, 1.807) is 0 Å².